The molecule has 0 aliphatic heterocycles. The lowest BCUT2D eigenvalue weighted by molar-refractivity contribution is 0.728. The fourth-order valence-electron chi connectivity index (χ4n) is 1.77. The van der Waals surface area contributed by atoms with Gasteiger partial charge in [0.25, 0.3) is 0 Å². The van der Waals surface area contributed by atoms with E-state index < -0.39 is 0 Å². The van der Waals surface area contributed by atoms with Crippen LogP contribution in [0.5, 0.6) is 0 Å². The minimum absolute atomic E-state index is 1.01. The van der Waals surface area contributed by atoms with E-state index in [2.05, 4.69) is 53.0 Å². The molecule has 1 heterocycles. The molecule has 0 unspecified atom stereocenters. The SMILES string of the molecule is Cn1c(Sc2ccccc2)cnc1Sc1ccccc1. The Hall–Kier alpha value is -1.65. The van der Waals surface area contributed by atoms with Gasteiger partial charge in [0.15, 0.2) is 5.16 Å². The molecule has 0 atom stereocenters. The van der Waals surface area contributed by atoms with Crippen LogP contribution in [0.15, 0.2) is 86.8 Å². The van der Waals surface area contributed by atoms with Gasteiger partial charge in [-0.1, -0.05) is 59.9 Å². The Bertz CT molecular complexity index is 619. The van der Waals surface area contributed by atoms with Crippen molar-refractivity contribution in [1.29, 1.82) is 0 Å². The summed E-state index contributed by atoms with van der Waals surface area (Å²) < 4.78 is 2.13. The van der Waals surface area contributed by atoms with Crippen LogP contribution < -0.4 is 0 Å². The maximum absolute atomic E-state index is 4.51. The summed E-state index contributed by atoms with van der Waals surface area (Å²) in [7, 11) is 2.06. The van der Waals surface area contributed by atoms with Crippen LogP contribution in [0.25, 0.3) is 0 Å². The third-order valence-corrected chi connectivity index (χ3v) is 4.99. The van der Waals surface area contributed by atoms with E-state index >= 15 is 0 Å². The minimum Gasteiger partial charge on any atom is -0.317 e. The fraction of sp³-hybridized carbons (Fsp3) is 0.0625. The lowest BCUT2D eigenvalue weighted by atomic mass is 10.4. The van der Waals surface area contributed by atoms with Gasteiger partial charge in [-0.05, 0) is 24.3 Å². The highest BCUT2D eigenvalue weighted by Gasteiger charge is 2.09. The largest absolute Gasteiger partial charge is 0.317 e. The fourth-order valence-corrected chi connectivity index (χ4v) is 3.54. The van der Waals surface area contributed by atoms with Gasteiger partial charge in [-0.3, -0.25) is 0 Å². The highest BCUT2D eigenvalue weighted by molar-refractivity contribution is 8.00. The van der Waals surface area contributed by atoms with Crippen molar-refractivity contribution in [2.24, 2.45) is 7.05 Å². The third-order valence-electron chi connectivity index (χ3n) is 2.82. The second-order valence-electron chi connectivity index (χ2n) is 4.27. The van der Waals surface area contributed by atoms with E-state index in [0.29, 0.717) is 0 Å². The van der Waals surface area contributed by atoms with Gasteiger partial charge in [0.1, 0.15) is 5.03 Å². The first kappa shape index (κ1) is 13.3. The maximum Gasteiger partial charge on any atom is 0.173 e. The van der Waals surface area contributed by atoms with Crippen LogP contribution in [0.1, 0.15) is 0 Å². The molecule has 0 amide bonds. The van der Waals surface area contributed by atoms with Gasteiger partial charge in [-0.2, -0.15) is 0 Å². The number of imidazole rings is 1. The molecule has 0 saturated heterocycles. The maximum atomic E-state index is 4.51. The van der Waals surface area contributed by atoms with Crippen molar-refractivity contribution in [1.82, 2.24) is 9.55 Å². The molecule has 0 bridgehead atoms. The molecule has 20 heavy (non-hydrogen) atoms. The number of hydrogen-bond donors (Lipinski definition) is 0. The van der Waals surface area contributed by atoms with Gasteiger partial charge in [0.05, 0.1) is 6.20 Å². The Morgan fingerprint density at radius 2 is 1.35 bits per heavy atom. The zero-order valence-electron chi connectivity index (χ0n) is 11.1. The minimum atomic E-state index is 1.01. The van der Waals surface area contributed by atoms with E-state index in [1.54, 1.807) is 23.5 Å². The van der Waals surface area contributed by atoms with Crippen molar-refractivity contribution < 1.29 is 0 Å². The summed E-state index contributed by atoms with van der Waals surface area (Å²) in [6.45, 7) is 0. The number of hydrogen-bond acceptors (Lipinski definition) is 3. The van der Waals surface area contributed by atoms with E-state index in [0.717, 1.165) is 10.2 Å². The lowest BCUT2D eigenvalue weighted by Crippen LogP contribution is -1.92. The van der Waals surface area contributed by atoms with E-state index in [1.807, 2.05) is 30.5 Å². The van der Waals surface area contributed by atoms with Crippen molar-refractivity contribution in [3.63, 3.8) is 0 Å². The zero-order chi connectivity index (χ0) is 13.8. The topological polar surface area (TPSA) is 17.8 Å². The van der Waals surface area contributed by atoms with Gasteiger partial charge < -0.3 is 4.57 Å². The number of aromatic nitrogens is 2. The monoisotopic (exact) mass is 298 g/mol. The van der Waals surface area contributed by atoms with Crippen molar-refractivity contribution in [3.8, 4) is 0 Å². The molecule has 0 N–H and O–H groups in total. The van der Waals surface area contributed by atoms with Crippen LogP contribution in [-0.2, 0) is 7.05 Å². The summed E-state index contributed by atoms with van der Waals surface area (Å²) in [5.74, 6) is 0. The molecular weight excluding hydrogens is 284 g/mol. The summed E-state index contributed by atoms with van der Waals surface area (Å²) in [4.78, 5) is 6.95. The molecule has 3 rings (SSSR count). The van der Waals surface area contributed by atoms with Gasteiger partial charge in [0, 0.05) is 16.8 Å². The van der Waals surface area contributed by atoms with Gasteiger partial charge in [-0.15, -0.1) is 0 Å². The smallest absolute Gasteiger partial charge is 0.173 e. The molecule has 0 aliphatic rings. The zero-order valence-corrected chi connectivity index (χ0v) is 12.7. The van der Waals surface area contributed by atoms with Gasteiger partial charge in [0.2, 0.25) is 0 Å². The summed E-state index contributed by atoms with van der Waals surface area (Å²) in [5.41, 5.74) is 0. The Kier molecular flexibility index (Phi) is 4.14. The first-order valence-electron chi connectivity index (χ1n) is 6.30. The van der Waals surface area contributed by atoms with E-state index in [1.165, 1.54) is 9.79 Å². The van der Waals surface area contributed by atoms with Crippen LogP contribution >= 0.6 is 23.5 Å². The Balaban J connectivity index is 1.79. The second kappa shape index (κ2) is 6.20. The van der Waals surface area contributed by atoms with Gasteiger partial charge in [-0.25, -0.2) is 4.98 Å². The predicted molar refractivity (Wildman–Crippen MR) is 84.3 cm³/mol. The molecule has 1 aromatic heterocycles. The molecule has 0 radical (unpaired) electrons. The first-order valence-corrected chi connectivity index (χ1v) is 7.94. The van der Waals surface area contributed by atoms with Crippen molar-refractivity contribution in [2.75, 3.05) is 0 Å². The molecule has 0 aliphatic carbocycles. The molecule has 4 heteroatoms. The average molecular weight is 298 g/mol. The van der Waals surface area contributed by atoms with Crippen molar-refractivity contribution in [2.45, 2.75) is 20.0 Å². The van der Waals surface area contributed by atoms with Crippen LogP contribution in [0, 0.1) is 0 Å². The van der Waals surface area contributed by atoms with Crippen molar-refractivity contribution in [3.05, 3.63) is 66.9 Å². The highest BCUT2D eigenvalue weighted by Crippen LogP contribution is 2.32. The van der Waals surface area contributed by atoms with E-state index in [9.17, 15) is 0 Å². The van der Waals surface area contributed by atoms with Crippen LogP contribution in [0.3, 0.4) is 0 Å². The molecule has 3 aromatic rings. The highest BCUT2D eigenvalue weighted by atomic mass is 32.2. The molecule has 0 spiro atoms. The van der Waals surface area contributed by atoms with E-state index in [-0.39, 0.29) is 0 Å². The summed E-state index contributed by atoms with van der Waals surface area (Å²) in [6.07, 6.45) is 1.93. The van der Waals surface area contributed by atoms with E-state index in [4.69, 9.17) is 0 Å². The average Bonchev–Trinajstić information content (AvgIpc) is 2.83. The second-order valence-corrected chi connectivity index (χ2v) is 6.40. The molecule has 0 saturated carbocycles. The Morgan fingerprint density at radius 1 is 0.800 bits per heavy atom. The molecular formula is C16H14N2S2. The third kappa shape index (κ3) is 3.08. The summed E-state index contributed by atoms with van der Waals surface area (Å²) in [6, 6.07) is 20.7. The number of rotatable bonds is 4. The molecule has 100 valence electrons. The predicted octanol–water partition coefficient (Wildman–Crippen LogP) is 4.72. The lowest BCUT2D eigenvalue weighted by Gasteiger charge is -2.05. The standard InChI is InChI=1S/C16H14N2S2/c1-18-15(19-13-8-4-2-5-9-13)12-17-16(18)20-14-10-6-3-7-11-14/h2-12H,1H3. The Morgan fingerprint density at radius 3 is 1.95 bits per heavy atom. The number of nitrogens with zero attached hydrogens (tertiary/aromatic N) is 2. The van der Waals surface area contributed by atoms with Gasteiger partial charge >= 0.3 is 0 Å². The molecule has 2 nitrogen and oxygen atoms in total. The van der Waals surface area contributed by atoms with Crippen LogP contribution in [0.4, 0.5) is 0 Å². The molecule has 0 fully saturated rings. The summed E-state index contributed by atoms with van der Waals surface area (Å²) in [5, 5.41) is 2.16. The van der Waals surface area contributed by atoms with Crippen molar-refractivity contribution >= 4 is 23.5 Å². The number of benzene rings is 2. The van der Waals surface area contributed by atoms with Crippen LogP contribution in [-0.4, -0.2) is 9.55 Å². The summed E-state index contributed by atoms with van der Waals surface area (Å²) >= 11 is 3.42. The molecule has 2 aromatic carbocycles. The first-order chi connectivity index (χ1) is 9.83. The van der Waals surface area contributed by atoms with Crippen LogP contribution in [0.2, 0.25) is 0 Å². The Labute approximate surface area is 127 Å². The quantitative estimate of drug-likeness (QED) is 0.694. The normalized spacial score (nSPS) is 10.7.